The molecule has 0 spiro atoms. The Morgan fingerprint density at radius 1 is 0.950 bits per heavy atom. The zero-order valence-corrected chi connectivity index (χ0v) is 12.4. The summed E-state index contributed by atoms with van der Waals surface area (Å²) in [4.78, 5) is 0.905. The van der Waals surface area contributed by atoms with E-state index in [-0.39, 0.29) is 5.75 Å². The van der Waals surface area contributed by atoms with E-state index in [9.17, 15) is 5.21 Å². The van der Waals surface area contributed by atoms with Crippen molar-refractivity contribution in [3.63, 3.8) is 0 Å². The lowest BCUT2D eigenvalue weighted by Gasteiger charge is -2.23. The molecule has 1 heterocycles. The van der Waals surface area contributed by atoms with Crippen LogP contribution in [0, 0.1) is 12.8 Å². The van der Waals surface area contributed by atoms with E-state index in [1.165, 1.54) is 35.8 Å². The molecule has 1 aliphatic carbocycles. The number of rotatable bonds is 3. The lowest BCUT2D eigenvalue weighted by atomic mass is 10.3. The molecule has 1 aromatic rings. The van der Waals surface area contributed by atoms with Gasteiger partial charge in [0.1, 0.15) is 5.75 Å². The third-order valence-electron chi connectivity index (χ3n) is 2.70. The van der Waals surface area contributed by atoms with Crippen molar-refractivity contribution >= 4 is 11.9 Å². The first-order chi connectivity index (χ1) is 9.75. The molecule has 1 aliphatic heterocycles. The monoisotopic (exact) mass is 294 g/mol. The molecule has 2 N–H and O–H groups in total. The summed E-state index contributed by atoms with van der Waals surface area (Å²) in [5, 5.41) is 20.7. The van der Waals surface area contributed by atoms with Crippen molar-refractivity contribution in [3.8, 4) is 18.6 Å². The second-order valence-electron chi connectivity index (χ2n) is 4.56. The van der Waals surface area contributed by atoms with Gasteiger partial charge in [0.2, 0.25) is 0 Å². The van der Waals surface area contributed by atoms with Gasteiger partial charge in [-0.1, -0.05) is 23.8 Å². The van der Waals surface area contributed by atoms with Gasteiger partial charge in [-0.2, -0.15) is 0 Å². The van der Waals surface area contributed by atoms with Crippen LogP contribution in [0.25, 0.3) is 0 Å². The van der Waals surface area contributed by atoms with Crippen molar-refractivity contribution in [2.75, 3.05) is 13.1 Å². The smallest absolute Gasteiger partial charge is 0.115 e. The van der Waals surface area contributed by atoms with Crippen molar-refractivity contribution in [1.82, 2.24) is 9.59 Å². The average Bonchev–Trinajstić information content (AvgIpc) is 3.27. The Morgan fingerprint density at radius 2 is 1.45 bits per heavy atom. The van der Waals surface area contributed by atoms with Gasteiger partial charge in [-0.15, -0.1) is 12.8 Å². The number of phenols is 1. The highest BCUT2D eigenvalue weighted by Gasteiger charge is 2.18. The van der Waals surface area contributed by atoms with E-state index in [1.807, 2.05) is 5.01 Å². The molecule has 5 heteroatoms. The number of hydrazine groups is 1. The average molecular weight is 294 g/mol. The molecule has 0 bridgehead atoms. The maximum atomic E-state index is 9.73. The van der Waals surface area contributed by atoms with Crippen LogP contribution in [0.15, 0.2) is 29.2 Å². The van der Waals surface area contributed by atoms with E-state index in [0.717, 1.165) is 30.8 Å². The van der Waals surface area contributed by atoms with Gasteiger partial charge in [-0.3, -0.25) is 5.21 Å². The fourth-order valence-corrected chi connectivity index (χ4v) is 2.26. The van der Waals surface area contributed by atoms with Gasteiger partial charge in [0.25, 0.3) is 0 Å². The Labute approximate surface area is 125 Å². The van der Waals surface area contributed by atoms with Crippen LogP contribution in [0.4, 0.5) is 0 Å². The Hall–Kier alpha value is -1.19. The molecule has 1 aromatic carbocycles. The molecule has 2 fully saturated rings. The van der Waals surface area contributed by atoms with Gasteiger partial charge >= 0.3 is 0 Å². The second-order valence-corrected chi connectivity index (χ2v) is 5.54. The van der Waals surface area contributed by atoms with Crippen LogP contribution in [0.3, 0.4) is 0 Å². The summed E-state index contributed by atoms with van der Waals surface area (Å²) in [6.07, 6.45) is 14.8. The van der Waals surface area contributed by atoms with Gasteiger partial charge in [0.15, 0.2) is 0 Å². The normalized spacial score (nSPS) is 16.8. The van der Waals surface area contributed by atoms with Gasteiger partial charge in [0.05, 0.1) is 0 Å². The fourth-order valence-electron chi connectivity index (χ4n) is 1.53. The van der Waals surface area contributed by atoms with Crippen molar-refractivity contribution in [3.05, 3.63) is 24.3 Å². The summed E-state index contributed by atoms with van der Waals surface area (Å²) < 4.78 is 1.18. The van der Waals surface area contributed by atoms with Crippen molar-refractivity contribution in [1.29, 1.82) is 0 Å². The molecule has 1 saturated heterocycles. The van der Waals surface area contributed by atoms with Crippen molar-refractivity contribution in [2.45, 2.75) is 37.0 Å². The number of hydrogen-bond acceptors (Lipinski definition) is 5. The topological polar surface area (TPSA) is 46.9 Å². The Bertz CT molecular complexity index is 384. The van der Waals surface area contributed by atoms with Crippen LogP contribution < -0.4 is 0 Å². The van der Waals surface area contributed by atoms with Crippen LogP contribution in [-0.2, 0) is 0 Å². The van der Waals surface area contributed by atoms with Crippen LogP contribution >= 0.6 is 11.9 Å². The zero-order chi connectivity index (χ0) is 14.8. The van der Waals surface area contributed by atoms with Gasteiger partial charge in [-0.25, -0.2) is 5.01 Å². The number of hydrogen-bond donors (Lipinski definition) is 2. The largest absolute Gasteiger partial charge is 0.508 e. The highest BCUT2D eigenvalue weighted by molar-refractivity contribution is 7.96. The lowest BCUT2D eigenvalue weighted by Crippen LogP contribution is -2.32. The number of terminal acetylenes is 1. The van der Waals surface area contributed by atoms with Gasteiger partial charge < -0.3 is 5.11 Å². The molecular formula is C15H22N2O2S. The summed E-state index contributed by atoms with van der Waals surface area (Å²) in [6.45, 7) is 1.81. The molecule has 0 amide bonds. The van der Waals surface area contributed by atoms with Crippen LogP contribution in [0.5, 0.6) is 5.75 Å². The molecule has 1 saturated carbocycles. The minimum Gasteiger partial charge on any atom is -0.508 e. The summed E-state index contributed by atoms with van der Waals surface area (Å²) in [7, 11) is 0. The Balaban J connectivity index is 0.000000343. The fraction of sp³-hybridized carbons (Fsp3) is 0.467. The minimum absolute atomic E-state index is 0.241. The molecule has 3 rings (SSSR count). The van der Waals surface area contributed by atoms with Crippen molar-refractivity contribution < 1.29 is 10.3 Å². The number of benzene rings is 1. The van der Waals surface area contributed by atoms with Crippen molar-refractivity contribution in [2.24, 2.45) is 0 Å². The van der Waals surface area contributed by atoms with E-state index in [2.05, 4.69) is 12.8 Å². The molecule has 0 atom stereocenters. The van der Waals surface area contributed by atoms with E-state index in [4.69, 9.17) is 5.11 Å². The Kier molecular flexibility index (Phi) is 8.16. The highest BCUT2D eigenvalue weighted by atomic mass is 32.2. The molecule has 0 aromatic heterocycles. The number of nitrogens with zero attached hydrogens (tertiary/aromatic N) is 2. The lowest BCUT2D eigenvalue weighted by molar-refractivity contribution is -0.145. The maximum Gasteiger partial charge on any atom is 0.115 e. The predicted molar refractivity (Wildman–Crippen MR) is 82.1 cm³/mol. The molecule has 0 unspecified atom stereocenters. The van der Waals surface area contributed by atoms with E-state index >= 15 is 0 Å². The van der Waals surface area contributed by atoms with E-state index < -0.39 is 0 Å². The molecule has 0 radical (unpaired) electrons. The third kappa shape index (κ3) is 6.83. The van der Waals surface area contributed by atoms with Crippen LogP contribution in [0.1, 0.15) is 32.1 Å². The van der Waals surface area contributed by atoms with E-state index in [0.29, 0.717) is 0 Å². The first-order valence-electron chi connectivity index (χ1n) is 6.80. The standard InChI is InChI=1S/C10H14N2O2S.C3H6.C2H2/c13-9-3-5-10(6-4-9)15-12(14)11-7-1-2-8-11;1-2-3-1;1-2/h3-6,13-14H,1-2,7-8H2;1-3H2;1-2H. The summed E-state index contributed by atoms with van der Waals surface area (Å²) in [5.74, 6) is 0.241. The maximum absolute atomic E-state index is 9.73. The molecule has 20 heavy (non-hydrogen) atoms. The van der Waals surface area contributed by atoms with Gasteiger partial charge in [0, 0.05) is 29.9 Å². The number of phenolic OH excluding ortho intramolecular Hbond substituents is 1. The summed E-state index contributed by atoms with van der Waals surface area (Å²) >= 11 is 1.25. The summed E-state index contributed by atoms with van der Waals surface area (Å²) in [6, 6.07) is 6.78. The van der Waals surface area contributed by atoms with E-state index in [1.54, 1.807) is 24.3 Å². The summed E-state index contributed by atoms with van der Waals surface area (Å²) in [5.41, 5.74) is 0. The second kappa shape index (κ2) is 9.67. The number of aromatic hydroxyl groups is 1. The molecule has 110 valence electrons. The minimum atomic E-state index is 0.241. The highest BCUT2D eigenvalue weighted by Crippen LogP contribution is 2.26. The third-order valence-corrected chi connectivity index (χ3v) is 3.58. The molecular weight excluding hydrogens is 272 g/mol. The Morgan fingerprint density at radius 3 is 1.90 bits per heavy atom. The zero-order valence-electron chi connectivity index (χ0n) is 11.6. The van der Waals surface area contributed by atoms with Gasteiger partial charge in [-0.05, 0) is 37.1 Å². The first-order valence-corrected chi connectivity index (χ1v) is 7.57. The molecule has 4 nitrogen and oxygen atoms in total. The quantitative estimate of drug-likeness (QED) is 0.507. The SMILES string of the molecule is C#C.C1CC1.Oc1ccc(SN(O)N2CCCC2)cc1. The predicted octanol–water partition coefficient (Wildman–Crippen LogP) is 3.52. The van der Waals surface area contributed by atoms with Crippen LogP contribution in [-0.4, -0.2) is 33.0 Å². The van der Waals surface area contributed by atoms with Crippen LogP contribution in [0.2, 0.25) is 0 Å². The first kappa shape index (κ1) is 16.9. The molecule has 2 aliphatic rings.